The minimum absolute atomic E-state index is 0.201. The normalized spacial score (nSPS) is 19.7. The predicted molar refractivity (Wildman–Crippen MR) is 92.5 cm³/mol. The van der Waals surface area contributed by atoms with Crippen LogP contribution in [0.5, 0.6) is 0 Å². The molecule has 2 heterocycles. The lowest BCUT2D eigenvalue weighted by atomic mass is 9.98. The Bertz CT molecular complexity index is 760. The molecule has 1 aliphatic heterocycles. The molecule has 0 aliphatic carbocycles. The summed E-state index contributed by atoms with van der Waals surface area (Å²) >= 11 is 0. The number of fused-ring (bicyclic) bond motifs is 1. The topological polar surface area (TPSA) is 36.1 Å². The molecular formula is C19H26N2O. The quantitative estimate of drug-likeness (QED) is 0.918. The third-order valence-electron chi connectivity index (χ3n) is 5.14. The van der Waals surface area contributed by atoms with E-state index in [0.29, 0.717) is 0 Å². The number of aromatic nitrogens is 1. The SMILES string of the molecule is Cc1ccc2c(=O)c(CN3CCC[C@H](C)C3)c(C)[nH]c2c1C. The Hall–Kier alpha value is -1.61. The molecule has 1 atom stereocenters. The lowest BCUT2D eigenvalue weighted by Gasteiger charge is -2.31. The van der Waals surface area contributed by atoms with Gasteiger partial charge in [0.05, 0.1) is 5.52 Å². The van der Waals surface area contributed by atoms with Gasteiger partial charge in [-0.25, -0.2) is 0 Å². The standard InChI is InChI=1S/C19H26N2O/c1-12-6-5-9-21(10-12)11-17-15(4)20-18-14(3)13(2)7-8-16(18)19(17)22/h7-8,12H,5-6,9-11H2,1-4H3,(H,20,22)/t12-/m0/s1. The van der Waals surface area contributed by atoms with Crippen LogP contribution in [0.1, 0.15) is 42.1 Å². The lowest BCUT2D eigenvalue weighted by Crippen LogP contribution is -2.35. The number of hydrogen-bond donors (Lipinski definition) is 1. The highest BCUT2D eigenvalue weighted by Gasteiger charge is 2.19. The fourth-order valence-corrected chi connectivity index (χ4v) is 3.61. The molecule has 0 amide bonds. The molecule has 118 valence electrons. The minimum atomic E-state index is 0.201. The van der Waals surface area contributed by atoms with Gasteiger partial charge in [0.15, 0.2) is 5.43 Å². The second-order valence-electron chi connectivity index (χ2n) is 6.97. The number of nitrogens with one attached hydrogen (secondary N) is 1. The largest absolute Gasteiger partial charge is 0.358 e. The van der Waals surface area contributed by atoms with Gasteiger partial charge in [0.2, 0.25) is 0 Å². The minimum Gasteiger partial charge on any atom is -0.358 e. The number of aryl methyl sites for hydroxylation is 3. The number of rotatable bonds is 2. The molecule has 3 rings (SSSR count). The molecule has 1 saturated heterocycles. The fourth-order valence-electron chi connectivity index (χ4n) is 3.61. The molecule has 0 spiro atoms. The van der Waals surface area contributed by atoms with Crippen molar-refractivity contribution >= 4 is 10.9 Å². The van der Waals surface area contributed by atoms with Crippen molar-refractivity contribution in [3.63, 3.8) is 0 Å². The van der Waals surface area contributed by atoms with E-state index in [1.807, 2.05) is 13.0 Å². The number of piperidine rings is 1. The molecule has 22 heavy (non-hydrogen) atoms. The van der Waals surface area contributed by atoms with E-state index in [1.54, 1.807) is 0 Å². The first-order valence-electron chi connectivity index (χ1n) is 8.31. The number of hydrogen-bond acceptors (Lipinski definition) is 2. The zero-order valence-electron chi connectivity index (χ0n) is 14.1. The van der Waals surface area contributed by atoms with Crippen molar-refractivity contribution in [1.29, 1.82) is 0 Å². The van der Waals surface area contributed by atoms with Gasteiger partial charge in [0, 0.05) is 29.7 Å². The van der Waals surface area contributed by atoms with E-state index in [9.17, 15) is 4.79 Å². The molecule has 1 aliphatic rings. The second-order valence-corrected chi connectivity index (χ2v) is 6.97. The molecule has 1 N–H and O–H groups in total. The third kappa shape index (κ3) is 2.70. The van der Waals surface area contributed by atoms with Crippen LogP contribution < -0.4 is 5.43 Å². The van der Waals surface area contributed by atoms with E-state index in [4.69, 9.17) is 0 Å². The van der Waals surface area contributed by atoms with Gasteiger partial charge in [-0.3, -0.25) is 9.69 Å². The summed E-state index contributed by atoms with van der Waals surface area (Å²) < 4.78 is 0. The highest BCUT2D eigenvalue weighted by Crippen LogP contribution is 2.21. The van der Waals surface area contributed by atoms with Crippen LogP contribution in [0.2, 0.25) is 0 Å². The second kappa shape index (κ2) is 5.88. The Morgan fingerprint density at radius 1 is 1.27 bits per heavy atom. The monoisotopic (exact) mass is 298 g/mol. The van der Waals surface area contributed by atoms with Crippen LogP contribution in [0.3, 0.4) is 0 Å². The van der Waals surface area contributed by atoms with Crippen molar-refractivity contribution in [2.45, 2.75) is 47.1 Å². The molecule has 3 heteroatoms. The van der Waals surface area contributed by atoms with Gasteiger partial charge >= 0.3 is 0 Å². The Morgan fingerprint density at radius 3 is 2.77 bits per heavy atom. The first kappa shape index (κ1) is 15.3. The average Bonchev–Trinajstić information content (AvgIpc) is 2.48. The summed E-state index contributed by atoms with van der Waals surface area (Å²) in [4.78, 5) is 18.8. The summed E-state index contributed by atoms with van der Waals surface area (Å²) in [7, 11) is 0. The van der Waals surface area contributed by atoms with E-state index in [1.165, 1.54) is 24.0 Å². The van der Waals surface area contributed by atoms with E-state index >= 15 is 0 Å². The number of H-pyrrole nitrogens is 1. The summed E-state index contributed by atoms with van der Waals surface area (Å²) in [5, 5.41) is 0.828. The van der Waals surface area contributed by atoms with Gasteiger partial charge < -0.3 is 4.98 Å². The Kier molecular flexibility index (Phi) is 4.09. The zero-order valence-corrected chi connectivity index (χ0v) is 14.1. The summed E-state index contributed by atoms with van der Waals surface area (Å²) in [6.07, 6.45) is 2.55. The van der Waals surface area contributed by atoms with E-state index in [-0.39, 0.29) is 5.43 Å². The molecular weight excluding hydrogens is 272 g/mol. The highest BCUT2D eigenvalue weighted by molar-refractivity contribution is 5.83. The average molecular weight is 298 g/mol. The van der Waals surface area contributed by atoms with E-state index in [2.05, 4.69) is 36.7 Å². The van der Waals surface area contributed by atoms with Crippen molar-refractivity contribution in [3.05, 3.63) is 44.7 Å². The van der Waals surface area contributed by atoms with Gasteiger partial charge in [-0.15, -0.1) is 0 Å². The summed E-state index contributed by atoms with van der Waals surface area (Å²) in [6, 6.07) is 4.02. The van der Waals surface area contributed by atoms with Gasteiger partial charge in [-0.05, 0) is 63.3 Å². The number of nitrogens with zero attached hydrogens (tertiary/aromatic N) is 1. The van der Waals surface area contributed by atoms with Gasteiger partial charge in [0.25, 0.3) is 0 Å². The first-order chi connectivity index (χ1) is 10.5. The van der Waals surface area contributed by atoms with Gasteiger partial charge in [0.1, 0.15) is 0 Å². The molecule has 1 fully saturated rings. The van der Waals surface area contributed by atoms with Crippen molar-refractivity contribution < 1.29 is 0 Å². The maximum Gasteiger partial charge on any atom is 0.194 e. The van der Waals surface area contributed by atoms with Gasteiger partial charge in [-0.1, -0.05) is 13.0 Å². The van der Waals surface area contributed by atoms with Crippen LogP contribution in [0.15, 0.2) is 16.9 Å². The number of pyridine rings is 1. The van der Waals surface area contributed by atoms with Gasteiger partial charge in [-0.2, -0.15) is 0 Å². The van der Waals surface area contributed by atoms with Crippen molar-refractivity contribution in [3.8, 4) is 0 Å². The molecule has 2 aromatic rings. The molecule has 0 unspecified atom stereocenters. The van der Waals surface area contributed by atoms with Crippen molar-refractivity contribution in [1.82, 2.24) is 9.88 Å². The molecule has 0 radical (unpaired) electrons. The smallest absolute Gasteiger partial charge is 0.194 e. The maximum absolute atomic E-state index is 12.9. The van der Waals surface area contributed by atoms with Crippen LogP contribution in [0.4, 0.5) is 0 Å². The Morgan fingerprint density at radius 2 is 2.05 bits per heavy atom. The van der Waals surface area contributed by atoms with Crippen LogP contribution in [-0.4, -0.2) is 23.0 Å². The molecule has 3 nitrogen and oxygen atoms in total. The Labute approximate surface area is 132 Å². The number of benzene rings is 1. The highest BCUT2D eigenvalue weighted by atomic mass is 16.1. The van der Waals surface area contributed by atoms with Crippen LogP contribution in [0, 0.1) is 26.7 Å². The lowest BCUT2D eigenvalue weighted by molar-refractivity contribution is 0.176. The van der Waals surface area contributed by atoms with E-state index < -0.39 is 0 Å². The predicted octanol–water partition coefficient (Wildman–Crippen LogP) is 3.69. The van der Waals surface area contributed by atoms with Crippen molar-refractivity contribution in [2.24, 2.45) is 5.92 Å². The van der Waals surface area contributed by atoms with Crippen LogP contribution in [-0.2, 0) is 6.54 Å². The summed E-state index contributed by atoms with van der Waals surface area (Å²) in [5.74, 6) is 0.735. The molecule has 1 aromatic carbocycles. The third-order valence-corrected chi connectivity index (χ3v) is 5.14. The fraction of sp³-hybridized carbons (Fsp3) is 0.526. The summed E-state index contributed by atoms with van der Waals surface area (Å²) in [6.45, 7) is 11.5. The zero-order chi connectivity index (χ0) is 15.9. The van der Waals surface area contributed by atoms with Crippen LogP contribution in [0.25, 0.3) is 10.9 Å². The molecule has 0 bridgehead atoms. The maximum atomic E-state index is 12.9. The number of aromatic amines is 1. The molecule has 0 saturated carbocycles. The summed E-state index contributed by atoms with van der Waals surface area (Å²) in [5.41, 5.74) is 5.55. The van der Waals surface area contributed by atoms with Crippen LogP contribution >= 0.6 is 0 Å². The Balaban J connectivity index is 2.03. The number of likely N-dealkylation sites (tertiary alicyclic amines) is 1. The molecule has 1 aromatic heterocycles. The van der Waals surface area contributed by atoms with E-state index in [0.717, 1.165) is 47.7 Å². The first-order valence-corrected chi connectivity index (χ1v) is 8.31. The van der Waals surface area contributed by atoms with Crippen molar-refractivity contribution in [2.75, 3.05) is 13.1 Å².